The first-order valence-electron chi connectivity index (χ1n) is 11.0. The van der Waals surface area contributed by atoms with Crippen LogP contribution in [0.25, 0.3) is 0 Å². The molecule has 3 heterocycles. The number of likely N-dealkylation sites (tertiary alicyclic amines) is 1. The van der Waals surface area contributed by atoms with E-state index in [4.69, 9.17) is 24.9 Å². The summed E-state index contributed by atoms with van der Waals surface area (Å²) in [6.45, 7) is 6.22. The van der Waals surface area contributed by atoms with Crippen molar-refractivity contribution in [1.29, 1.82) is 0 Å². The van der Waals surface area contributed by atoms with Crippen LogP contribution in [0.4, 0.5) is 5.69 Å². The van der Waals surface area contributed by atoms with Gasteiger partial charge in [0.1, 0.15) is 12.4 Å². The van der Waals surface area contributed by atoms with E-state index in [1.807, 2.05) is 55.6 Å². The summed E-state index contributed by atoms with van der Waals surface area (Å²) in [6, 6.07) is 13.5. The molecule has 0 saturated carbocycles. The van der Waals surface area contributed by atoms with Gasteiger partial charge in [-0.05, 0) is 74.8 Å². The highest BCUT2D eigenvalue weighted by atomic mass is 16.7. The number of fused-ring (bicyclic) bond motifs is 1. The molecule has 0 radical (unpaired) electrons. The maximum atomic E-state index is 6.74. The van der Waals surface area contributed by atoms with Crippen LogP contribution in [0, 0.1) is 0 Å². The van der Waals surface area contributed by atoms with Crippen LogP contribution in [-0.2, 0) is 5.66 Å². The van der Waals surface area contributed by atoms with E-state index >= 15 is 0 Å². The number of anilines is 1. The van der Waals surface area contributed by atoms with Gasteiger partial charge >= 0.3 is 0 Å². The van der Waals surface area contributed by atoms with E-state index < -0.39 is 5.66 Å². The van der Waals surface area contributed by atoms with Crippen LogP contribution in [0.15, 0.2) is 59.2 Å². The molecule has 0 spiro atoms. The number of nitrogens with two attached hydrogens (primary N) is 1. The Labute approximate surface area is 188 Å². The minimum Gasteiger partial charge on any atom is -0.492 e. The maximum absolute atomic E-state index is 6.74. The van der Waals surface area contributed by atoms with Crippen LogP contribution in [0.5, 0.6) is 17.2 Å². The first kappa shape index (κ1) is 20.7. The average Bonchev–Trinajstić information content (AvgIpc) is 3.49. The van der Waals surface area contributed by atoms with Crippen LogP contribution in [0.3, 0.4) is 0 Å². The van der Waals surface area contributed by atoms with Gasteiger partial charge in [-0.3, -0.25) is 10.6 Å². The lowest BCUT2D eigenvalue weighted by Crippen LogP contribution is -2.44. The van der Waals surface area contributed by atoms with Crippen LogP contribution >= 0.6 is 0 Å². The van der Waals surface area contributed by atoms with Crippen LogP contribution in [0.2, 0.25) is 0 Å². The van der Waals surface area contributed by atoms with E-state index in [1.54, 1.807) is 0 Å². The molecule has 0 aliphatic carbocycles. The molecule has 4 N–H and O–H groups in total. The molecule has 8 heteroatoms. The number of hydrogen-bond donors (Lipinski definition) is 3. The Balaban J connectivity index is 1.24. The van der Waals surface area contributed by atoms with E-state index in [0.29, 0.717) is 18.3 Å². The third-order valence-corrected chi connectivity index (χ3v) is 6.12. The third kappa shape index (κ3) is 4.24. The molecule has 3 aliphatic heterocycles. The lowest BCUT2D eigenvalue weighted by Gasteiger charge is -2.31. The molecule has 32 heavy (non-hydrogen) atoms. The summed E-state index contributed by atoms with van der Waals surface area (Å²) in [5, 5.41) is 6.48. The number of nitrogens with one attached hydrogen (secondary N) is 2. The molecule has 2 aromatic carbocycles. The lowest BCUT2D eigenvalue weighted by molar-refractivity contribution is 0.174. The van der Waals surface area contributed by atoms with Crippen molar-refractivity contribution in [3.05, 3.63) is 59.8 Å². The monoisotopic (exact) mass is 435 g/mol. The first-order chi connectivity index (χ1) is 15.6. The molecule has 5 rings (SSSR count). The summed E-state index contributed by atoms with van der Waals surface area (Å²) < 4.78 is 16.8. The number of guanidine groups is 1. The van der Waals surface area contributed by atoms with Crippen molar-refractivity contribution in [1.82, 2.24) is 10.2 Å². The van der Waals surface area contributed by atoms with E-state index in [1.165, 1.54) is 25.9 Å². The fourth-order valence-corrected chi connectivity index (χ4v) is 4.14. The fraction of sp³-hybridized carbons (Fsp3) is 0.375. The molecule has 1 unspecified atom stereocenters. The van der Waals surface area contributed by atoms with Crippen LogP contribution in [0.1, 0.15) is 25.3 Å². The number of nitrogens with zero attached hydrogens (tertiary/aromatic N) is 2. The molecule has 0 amide bonds. The SMILES string of the molecule is CC1=CNC(Nc2ccc(OCCN3CCCC3)cc2)=NC1(N)c1ccc2c(c1)OCO2. The Morgan fingerprint density at radius 2 is 1.91 bits per heavy atom. The lowest BCUT2D eigenvalue weighted by atomic mass is 9.93. The summed E-state index contributed by atoms with van der Waals surface area (Å²) in [7, 11) is 0. The molecule has 1 saturated heterocycles. The van der Waals surface area contributed by atoms with E-state index in [9.17, 15) is 0 Å². The Kier molecular flexibility index (Phi) is 5.63. The van der Waals surface area contributed by atoms with Gasteiger partial charge in [0.15, 0.2) is 17.2 Å². The summed E-state index contributed by atoms with van der Waals surface area (Å²) in [6.07, 6.45) is 4.47. The molecule has 1 atom stereocenters. The summed E-state index contributed by atoms with van der Waals surface area (Å²) in [4.78, 5) is 7.21. The fourth-order valence-electron chi connectivity index (χ4n) is 4.14. The number of ether oxygens (including phenoxy) is 3. The molecular formula is C24H29N5O3. The second-order valence-electron chi connectivity index (χ2n) is 8.31. The number of benzene rings is 2. The number of rotatable bonds is 6. The minimum atomic E-state index is -1.01. The predicted octanol–water partition coefficient (Wildman–Crippen LogP) is 2.98. The molecule has 3 aliphatic rings. The molecule has 2 aromatic rings. The van der Waals surface area contributed by atoms with E-state index in [-0.39, 0.29) is 6.79 Å². The van der Waals surface area contributed by atoms with Gasteiger partial charge < -0.3 is 24.8 Å². The molecular weight excluding hydrogens is 406 g/mol. The van der Waals surface area contributed by atoms with Crippen molar-refractivity contribution in [2.24, 2.45) is 10.7 Å². The second kappa shape index (κ2) is 8.72. The molecule has 0 bridgehead atoms. The highest BCUT2D eigenvalue weighted by Gasteiger charge is 2.33. The van der Waals surface area contributed by atoms with Crippen molar-refractivity contribution in [2.75, 3.05) is 38.4 Å². The Morgan fingerprint density at radius 1 is 1.12 bits per heavy atom. The zero-order valence-electron chi connectivity index (χ0n) is 18.3. The zero-order valence-corrected chi connectivity index (χ0v) is 18.3. The van der Waals surface area contributed by atoms with Gasteiger partial charge in [-0.1, -0.05) is 6.07 Å². The van der Waals surface area contributed by atoms with Gasteiger partial charge in [0, 0.05) is 24.0 Å². The average molecular weight is 436 g/mol. The van der Waals surface area contributed by atoms with E-state index in [0.717, 1.165) is 34.9 Å². The van der Waals surface area contributed by atoms with Crippen LogP contribution in [-0.4, -0.2) is 43.9 Å². The van der Waals surface area contributed by atoms with E-state index in [2.05, 4.69) is 15.5 Å². The highest BCUT2D eigenvalue weighted by Crippen LogP contribution is 2.38. The van der Waals surface area contributed by atoms with Crippen molar-refractivity contribution in [2.45, 2.75) is 25.4 Å². The van der Waals surface area contributed by atoms with Gasteiger partial charge in [-0.25, -0.2) is 4.99 Å². The van der Waals surface area contributed by atoms with Gasteiger partial charge in [0.25, 0.3) is 0 Å². The molecule has 1 fully saturated rings. The third-order valence-electron chi connectivity index (χ3n) is 6.12. The normalized spacial score (nSPS) is 22.2. The smallest absolute Gasteiger partial charge is 0.231 e. The number of hydrogen-bond acceptors (Lipinski definition) is 8. The standard InChI is InChI=1S/C24H29N5O3/c1-17-15-26-23(28-24(17,25)18-4-9-21-22(14-18)32-16-31-21)27-19-5-7-20(8-6-19)30-13-12-29-10-2-3-11-29/h4-9,14-15H,2-3,10-13,16,25H2,1H3,(H2,26,27,28). The quantitative estimate of drug-likeness (QED) is 0.642. The summed E-state index contributed by atoms with van der Waals surface area (Å²) in [5.74, 6) is 2.83. The van der Waals surface area contributed by atoms with Crippen molar-refractivity contribution < 1.29 is 14.2 Å². The van der Waals surface area contributed by atoms with Gasteiger partial charge in [-0.2, -0.15) is 0 Å². The predicted molar refractivity (Wildman–Crippen MR) is 124 cm³/mol. The summed E-state index contributed by atoms with van der Waals surface area (Å²) in [5.41, 5.74) is 8.35. The molecule has 8 nitrogen and oxygen atoms in total. The largest absolute Gasteiger partial charge is 0.492 e. The zero-order chi connectivity index (χ0) is 22.0. The summed E-state index contributed by atoms with van der Waals surface area (Å²) >= 11 is 0. The van der Waals surface area contributed by atoms with Gasteiger partial charge in [0.2, 0.25) is 12.8 Å². The maximum Gasteiger partial charge on any atom is 0.231 e. The van der Waals surface area contributed by atoms with Gasteiger partial charge in [-0.15, -0.1) is 0 Å². The minimum absolute atomic E-state index is 0.223. The second-order valence-corrected chi connectivity index (χ2v) is 8.31. The van der Waals surface area contributed by atoms with Crippen molar-refractivity contribution in [3.8, 4) is 17.2 Å². The first-order valence-corrected chi connectivity index (χ1v) is 11.0. The van der Waals surface area contributed by atoms with Crippen LogP contribution < -0.4 is 30.6 Å². The Bertz CT molecular complexity index is 1030. The van der Waals surface area contributed by atoms with Crippen molar-refractivity contribution in [3.63, 3.8) is 0 Å². The van der Waals surface area contributed by atoms with Gasteiger partial charge in [0.05, 0.1) is 0 Å². The Hall–Kier alpha value is -3.23. The number of aliphatic imine (C=N–C) groups is 1. The Morgan fingerprint density at radius 3 is 2.72 bits per heavy atom. The van der Waals surface area contributed by atoms with Crippen molar-refractivity contribution >= 4 is 11.6 Å². The highest BCUT2D eigenvalue weighted by molar-refractivity contribution is 5.95. The topological polar surface area (TPSA) is 93.4 Å². The molecule has 0 aromatic heterocycles. The molecule has 168 valence electrons.